The summed E-state index contributed by atoms with van der Waals surface area (Å²) < 4.78 is 11.2. The maximum Gasteiger partial charge on any atom is 0.322 e. The van der Waals surface area contributed by atoms with Gasteiger partial charge in [0.2, 0.25) is 5.91 Å². The molecule has 1 saturated heterocycles. The van der Waals surface area contributed by atoms with E-state index in [0.29, 0.717) is 60.9 Å². The summed E-state index contributed by atoms with van der Waals surface area (Å²) in [6.07, 6.45) is 0. The Bertz CT molecular complexity index is 1210. The molecule has 1 aliphatic heterocycles. The molecular formula is C28H32Cl2N4O4. The van der Waals surface area contributed by atoms with E-state index in [-0.39, 0.29) is 12.5 Å². The van der Waals surface area contributed by atoms with Crippen LogP contribution < -0.4 is 5.32 Å². The number of aryl methyl sites for hydroxylation is 1. The predicted octanol–water partition coefficient (Wildman–Crippen LogP) is 5.29. The highest BCUT2D eigenvalue weighted by Gasteiger charge is 2.24. The molecule has 1 fully saturated rings. The number of benzene rings is 2. The molecule has 0 atom stereocenters. The number of carbonyl (C=O) groups excluding carboxylic acids is 2. The number of hydrogen-bond donors (Lipinski definition) is 1. The van der Waals surface area contributed by atoms with Crippen LogP contribution in [0.15, 0.2) is 65.1 Å². The Kier molecular flexibility index (Phi) is 10.1. The van der Waals surface area contributed by atoms with Gasteiger partial charge in [-0.2, -0.15) is 0 Å². The molecule has 3 aromatic rings. The molecule has 38 heavy (non-hydrogen) atoms. The zero-order chi connectivity index (χ0) is 26.9. The molecule has 4 rings (SSSR count). The Hall–Kier alpha value is -3.04. The van der Waals surface area contributed by atoms with Crippen LogP contribution in [0.3, 0.4) is 0 Å². The molecular weight excluding hydrogens is 527 g/mol. The number of rotatable bonds is 10. The minimum absolute atomic E-state index is 0.0932. The van der Waals surface area contributed by atoms with Crippen molar-refractivity contribution in [2.75, 3.05) is 51.3 Å². The fourth-order valence-corrected chi connectivity index (χ4v) is 4.47. The lowest BCUT2D eigenvalue weighted by Crippen LogP contribution is -2.48. The third-order valence-electron chi connectivity index (χ3n) is 6.29. The highest BCUT2D eigenvalue weighted by Crippen LogP contribution is 2.25. The fraction of sp³-hybridized carbons (Fsp3) is 0.357. The second-order valence-electron chi connectivity index (χ2n) is 9.18. The van der Waals surface area contributed by atoms with E-state index in [4.69, 9.17) is 32.4 Å². The molecule has 3 amide bonds. The Balaban J connectivity index is 1.50. The summed E-state index contributed by atoms with van der Waals surface area (Å²) in [6, 6.07) is 18.0. The van der Waals surface area contributed by atoms with Crippen LogP contribution in [0.2, 0.25) is 10.0 Å². The Morgan fingerprint density at radius 3 is 2.39 bits per heavy atom. The number of anilines is 1. The van der Waals surface area contributed by atoms with Crippen LogP contribution in [0, 0.1) is 6.92 Å². The molecule has 0 saturated carbocycles. The molecule has 0 bridgehead atoms. The van der Waals surface area contributed by atoms with Crippen molar-refractivity contribution in [3.05, 3.63) is 87.8 Å². The quantitative estimate of drug-likeness (QED) is 0.365. The van der Waals surface area contributed by atoms with Crippen molar-refractivity contribution >= 4 is 40.8 Å². The van der Waals surface area contributed by atoms with Crippen molar-refractivity contribution in [1.29, 1.82) is 0 Å². The highest BCUT2D eigenvalue weighted by atomic mass is 35.5. The highest BCUT2D eigenvalue weighted by molar-refractivity contribution is 6.42. The van der Waals surface area contributed by atoms with Gasteiger partial charge in [-0.15, -0.1) is 0 Å². The van der Waals surface area contributed by atoms with Gasteiger partial charge in [-0.1, -0.05) is 53.5 Å². The van der Waals surface area contributed by atoms with E-state index in [0.717, 1.165) is 24.4 Å². The minimum Gasteiger partial charge on any atom is -0.464 e. The van der Waals surface area contributed by atoms with Gasteiger partial charge in [-0.05, 0) is 42.8 Å². The van der Waals surface area contributed by atoms with Crippen LogP contribution in [0.1, 0.15) is 17.1 Å². The first-order valence-electron chi connectivity index (χ1n) is 12.6. The van der Waals surface area contributed by atoms with E-state index in [1.165, 1.54) is 4.90 Å². The van der Waals surface area contributed by atoms with E-state index >= 15 is 0 Å². The number of amides is 3. The van der Waals surface area contributed by atoms with Gasteiger partial charge in [0.25, 0.3) is 0 Å². The normalized spacial score (nSPS) is 13.8. The zero-order valence-electron chi connectivity index (χ0n) is 21.4. The largest absolute Gasteiger partial charge is 0.464 e. The van der Waals surface area contributed by atoms with Crippen molar-refractivity contribution < 1.29 is 18.7 Å². The van der Waals surface area contributed by atoms with Crippen LogP contribution in [0.5, 0.6) is 0 Å². The fourth-order valence-electron chi connectivity index (χ4n) is 4.17. The SMILES string of the molecule is Cc1ccc(CN(Cc2ccccc2)C(=O)CN(CCN2CCOCC2)C(=O)Nc2ccc(Cl)c(Cl)c2)o1. The van der Waals surface area contributed by atoms with Crippen molar-refractivity contribution in [2.45, 2.75) is 20.0 Å². The van der Waals surface area contributed by atoms with Crippen LogP contribution in [0.25, 0.3) is 0 Å². The van der Waals surface area contributed by atoms with Gasteiger partial charge in [0.1, 0.15) is 18.1 Å². The average molecular weight is 559 g/mol. The van der Waals surface area contributed by atoms with Crippen molar-refractivity contribution in [3.8, 4) is 0 Å². The van der Waals surface area contributed by atoms with E-state index in [9.17, 15) is 9.59 Å². The maximum atomic E-state index is 13.7. The molecule has 202 valence electrons. The van der Waals surface area contributed by atoms with Crippen LogP contribution >= 0.6 is 23.2 Å². The lowest BCUT2D eigenvalue weighted by atomic mass is 10.2. The van der Waals surface area contributed by atoms with Crippen molar-refractivity contribution in [1.82, 2.24) is 14.7 Å². The molecule has 2 heterocycles. The smallest absolute Gasteiger partial charge is 0.322 e. The maximum absolute atomic E-state index is 13.7. The second-order valence-corrected chi connectivity index (χ2v) is 10.00. The first-order chi connectivity index (χ1) is 18.4. The number of morpholine rings is 1. The molecule has 1 aromatic heterocycles. The summed E-state index contributed by atoms with van der Waals surface area (Å²) in [5.41, 5.74) is 1.49. The average Bonchev–Trinajstić information content (AvgIpc) is 3.33. The van der Waals surface area contributed by atoms with Gasteiger partial charge in [-0.3, -0.25) is 9.69 Å². The van der Waals surface area contributed by atoms with Gasteiger partial charge in [0.05, 0.1) is 29.8 Å². The number of nitrogens with one attached hydrogen (secondary N) is 1. The number of furan rings is 1. The lowest BCUT2D eigenvalue weighted by Gasteiger charge is -2.31. The monoisotopic (exact) mass is 558 g/mol. The first kappa shape index (κ1) is 28.0. The van der Waals surface area contributed by atoms with Gasteiger partial charge >= 0.3 is 6.03 Å². The molecule has 8 nitrogen and oxygen atoms in total. The van der Waals surface area contributed by atoms with Crippen LogP contribution in [0.4, 0.5) is 10.5 Å². The third-order valence-corrected chi connectivity index (χ3v) is 7.02. The number of hydrogen-bond acceptors (Lipinski definition) is 5. The lowest BCUT2D eigenvalue weighted by molar-refractivity contribution is -0.133. The van der Waals surface area contributed by atoms with E-state index in [2.05, 4.69) is 10.2 Å². The number of ether oxygens (including phenoxy) is 1. The molecule has 10 heteroatoms. The number of carbonyl (C=O) groups is 2. The van der Waals surface area contributed by atoms with E-state index in [1.54, 1.807) is 23.1 Å². The number of nitrogens with zero attached hydrogens (tertiary/aromatic N) is 3. The molecule has 0 spiro atoms. The number of halogens is 2. The summed E-state index contributed by atoms with van der Waals surface area (Å²) >= 11 is 12.2. The van der Waals surface area contributed by atoms with Gasteiger partial charge < -0.3 is 24.3 Å². The molecule has 0 unspecified atom stereocenters. The summed E-state index contributed by atoms with van der Waals surface area (Å²) in [6.45, 7) is 6.35. The predicted molar refractivity (Wildman–Crippen MR) is 148 cm³/mol. The molecule has 1 aliphatic rings. The summed E-state index contributed by atoms with van der Waals surface area (Å²) in [5.74, 6) is 1.28. The topological polar surface area (TPSA) is 78.3 Å². The summed E-state index contributed by atoms with van der Waals surface area (Å²) in [5, 5.41) is 3.59. The summed E-state index contributed by atoms with van der Waals surface area (Å²) in [4.78, 5) is 32.5. The van der Waals surface area contributed by atoms with Crippen LogP contribution in [-0.4, -0.2) is 72.6 Å². The Morgan fingerprint density at radius 1 is 0.947 bits per heavy atom. The molecule has 0 radical (unpaired) electrons. The Morgan fingerprint density at radius 2 is 1.71 bits per heavy atom. The Labute approximate surface area is 233 Å². The minimum atomic E-state index is -0.390. The molecule has 2 aromatic carbocycles. The number of urea groups is 1. The third kappa shape index (κ3) is 8.23. The van der Waals surface area contributed by atoms with Gasteiger partial charge in [0.15, 0.2) is 0 Å². The van der Waals surface area contributed by atoms with Crippen LogP contribution in [-0.2, 0) is 22.6 Å². The molecule has 0 aliphatic carbocycles. The second kappa shape index (κ2) is 13.7. The zero-order valence-corrected chi connectivity index (χ0v) is 22.9. The molecule has 1 N–H and O–H groups in total. The van der Waals surface area contributed by atoms with Crippen molar-refractivity contribution in [3.63, 3.8) is 0 Å². The first-order valence-corrected chi connectivity index (χ1v) is 13.3. The van der Waals surface area contributed by atoms with Crippen molar-refractivity contribution in [2.24, 2.45) is 0 Å². The standard InChI is InChI=1S/C28H32Cl2N4O4/c1-21-7-9-24(38-21)19-34(18-22-5-3-2-4-6-22)27(35)20-33(12-11-32-13-15-37-16-14-32)28(36)31-23-8-10-25(29)26(30)17-23/h2-10,17H,11-16,18-20H2,1H3,(H,31,36). The van der Waals surface area contributed by atoms with E-state index < -0.39 is 6.03 Å². The van der Waals surface area contributed by atoms with Gasteiger partial charge in [-0.25, -0.2) is 4.79 Å². The summed E-state index contributed by atoms with van der Waals surface area (Å²) in [7, 11) is 0. The van der Waals surface area contributed by atoms with Gasteiger partial charge in [0, 0.05) is 38.4 Å². The van der Waals surface area contributed by atoms with E-state index in [1.807, 2.05) is 49.4 Å².